The van der Waals surface area contributed by atoms with Gasteiger partial charge in [0.1, 0.15) is 0 Å². The van der Waals surface area contributed by atoms with Crippen LogP contribution >= 0.6 is 11.8 Å². The minimum atomic E-state index is 1.19. The van der Waals surface area contributed by atoms with Gasteiger partial charge in [0.25, 0.3) is 0 Å². The van der Waals surface area contributed by atoms with E-state index in [1.165, 1.54) is 26.1 Å². The average Bonchev–Trinajstić information content (AvgIpc) is 2.42. The summed E-state index contributed by atoms with van der Waals surface area (Å²) in [4.78, 5) is 6.71. The summed E-state index contributed by atoms with van der Waals surface area (Å²) >= 11 is 1.80. The van der Waals surface area contributed by atoms with E-state index in [9.17, 15) is 0 Å². The van der Waals surface area contributed by atoms with Gasteiger partial charge in [0.05, 0.1) is 0 Å². The van der Waals surface area contributed by atoms with Crippen LogP contribution in [0.3, 0.4) is 0 Å². The predicted molar refractivity (Wildman–Crippen MR) is 77.0 cm³/mol. The quantitative estimate of drug-likeness (QED) is 0.655. The fraction of sp³-hybridized carbons (Fsp3) is 0.0625. The zero-order chi connectivity index (χ0) is 12.4. The Bertz CT molecular complexity index is 669. The normalized spacial score (nSPS) is 10.7. The third kappa shape index (κ3) is 2.24. The smallest absolute Gasteiger partial charge is 0.0346 e. The molecule has 0 fully saturated rings. The summed E-state index contributed by atoms with van der Waals surface area (Å²) in [5.74, 6) is 0. The summed E-state index contributed by atoms with van der Waals surface area (Å²) in [5, 5.41) is 2.45. The number of rotatable bonds is 2. The molecule has 88 valence electrons. The molecule has 18 heavy (non-hydrogen) atoms. The number of aryl methyl sites for hydroxylation is 1. The molecule has 1 heterocycles. The number of nitrogens with zero attached hydrogens (tertiary/aromatic N) is 1. The zero-order valence-electron chi connectivity index (χ0n) is 10.1. The van der Waals surface area contributed by atoms with Gasteiger partial charge in [-0.15, -0.1) is 0 Å². The molecule has 0 amide bonds. The summed E-state index contributed by atoms with van der Waals surface area (Å²) < 4.78 is 0. The lowest BCUT2D eigenvalue weighted by molar-refractivity contribution is 1.34. The van der Waals surface area contributed by atoms with Gasteiger partial charge in [-0.05, 0) is 36.6 Å². The van der Waals surface area contributed by atoms with Gasteiger partial charge in [0, 0.05) is 27.6 Å². The first-order valence-electron chi connectivity index (χ1n) is 5.90. The summed E-state index contributed by atoms with van der Waals surface area (Å²) in [6.07, 6.45) is 3.76. The van der Waals surface area contributed by atoms with Gasteiger partial charge in [-0.3, -0.25) is 4.98 Å². The summed E-state index contributed by atoms with van der Waals surface area (Å²) in [6, 6.07) is 17.0. The maximum Gasteiger partial charge on any atom is 0.0346 e. The van der Waals surface area contributed by atoms with E-state index < -0.39 is 0 Å². The number of hydrogen-bond donors (Lipinski definition) is 0. The molecule has 1 nitrogen and oxygen atoms in total. The third-order valence-corrected chi connectivity index (χ3v) is 3.97. The van der Waals surface area contributed by atoms with E-state index in [1.807, 2.05) is 12.4 Å². The highest BCUT2D eigenvalue weighted by atomic mass is 32.2. The summed E-state index contributed by atoms with van der Waals surface area (Å²) in [5.41, 5.74) is 1.29. The van der Waals surface area contributed by atoms with Crippen LogP contribution in [0.1, 0.15) is 5.56 Å². The van der Waals surface area contributed by atoms with Crippen molar-refractivity contribution in [1.82, 2.24) is 4.98 Å². The fourth-order valence-corrected chi connectivity index (χ4v) is 2.88. The highest BCUT2D eigenvalue weighted by molar-refractivity contribution is 7.99. The minimum absolute atomic E-state index is 1.19. The Morgan fingerprint density at radius 3 is 2.61 bits per heavy atom. The lowest BCUT2D eigenvalue weighted by Gasteiger charge is -2.06. The Hall–Kier alpha value is -1.80. The Labute approximate surface area is 111 Å². The SMILES string of the molecule is Cc1ccc(Sc2cccc3cnccc23)cc1. The Balaban J connectivity index is 2.02. The molecule has 0 atom stereocenters. The van der Waals surface area contributed by atoms with Crippen LogP contribution in [-0.4, -0.2) is 4.98 Å². The number of hydrogen-bond acceptors (Lipinski definition) is 2. The van der Waals surface area contributed by atoms with Crippen LogP contribution in [0, 0.1) is 6.92 Å². The monoisotopic (exact) mass is 251 g/mol. The fourth-order valence-electron chi connectivity index (χ4n) is 1.92. The van der Waals surface area contributed by atoms with Crippen molar-refractivity contribution in [1.29, 1.82) is 0 Å². The predicted octanol–water partition coefficient (Wildman–Crippen LogP) is 4.69. The second kappa shape index (κ2) is 4.83. The van der Waals surface area contributed by atoms with Crippen LogP contribution in [0.2, 0.25) is 0 Å². The van der Waals surface area contributed by atoms with Crippen LogP contribution < -0.4 is 0 Å². The van der Waals surface area contributed by atoms with E-state index >= 15 is 0 Å². The summed E-state index contributed by atoms with van der Waals surface area (Å²) in [7, 11) is 0. The topological polar surface area (TPSA) is 12.9 Å². The van der Waals surface area contributed by atoms with Crippen molar-refractivity contribution >= 4 is 22.5 Å². The lowest BCUT2D eigenvalue weighted by Crippen LogP contribution is -1.80. The van der Waals surface area contributed by atoms with Crippen LogP contribution in [0.5, 0.6) is 0 Å². The molecule has 0 aliphatic heterocycles. The second-order valence-corrected chi connectivity index (χ2v) is 5.38. The molecule has 0 N–H and O–H groups in total. The van der Waals surface area contributed by atoms with Gasteiger partial charge in [-0.25, -0.2) is 0 Å². The molecule has 0 saturated carbocycles. The highest BCUT2D eigenvalue weighted by Gasteiger charge is 2.02. The first kappa shape index (κ1) is 11.3. The Morgan fingerprint density at radius 2 is 1.78 bits per heavy atom. The van der Waals surface area contributed by atoms with Crippen molar-refractivity contribution in [2.24, 2.45) is 0 Å². The molecule has 0 aliphatic carbocycles. The van der Waals surface area contributed by atoms with Gasteiger partial charge < -0.3 is 0 Å². The van der Waals surface area contributed by atoms with E-state index in [2.05, 4.69) is 60.4 Å². The molecule has 3 rings (SSSR count). The van der Waals surface area contributed by atoms with Crippen LogP contribution in [-0.2, 0) is 0 Å². The molecule has 2 heteroatoms. The zero-order valence-corrected chi connectivity index (χ0v) is 10.9. The van der Waals surface area contributed by atoms with E-state index in [-0.39, 0.29) is 0 Å². The molecule has 0 aliphatic rings. The van der Waals surface area contributed by atoms with Crippen molar-refractivity contribution < 1.29 is 0 Å². The minimum Gasteiger partial charge on any atom is -0.264 e. The molecule has 3 aromatic rings. The lowest BCUT2D eigenvalue weighted by atomic mass is 10.2. The molecule has 2 aromatic carbocycles. The van der Waals surface area contributed by atoms with Gasteiger partial charge in [0.15, 0.2) is 0 Å². The Morgan fingerprint density at radius 1 is 0.944 bits per heavy atom. The molecule has 0 spiro atoms. The third-order valence-electron chi connectivity index (χ3n) is 2.89. The molecule has 0 unspecified atom stereocenters. The standard InChI is InChI=1S/C16H13NS/c1-12-5-7-14(8-6-12)18-16-4-2-3-13-11-17-10-9-15(13)16/h2-11H,1H3. The Kier molecular flexibility index (Phi) is 3.03. The van der Waals surface area contributed by atoms with Crippen LogP contribution in [0.25, 0.3) is 10.8 Å². The molecular weight excluding hydrogens is 238 g/mol. The van der Waals surface area contributed by atoms with Crippen molar-refractivity contribution in [2.75, 3.05) is 0 Å². The van der Waals surface area contributed by atoms with E-state index in [1.54, 1.807) is 11.8 Å². The van der Waals surface area contributed by atoms with Crippen molar-refractivity contribution in [3.05, 3.63) is 66.5 Å². The van der Waals surface area contributed by atoms with Gasteiger partial charge >= 0.3 is 0 Å². The summed E-state index contributed by atoms with van der Waals surface area (Å²) in [6.45, 7) is 2.11. The molecule has 0 bridgehead atoms. The average molecular weight is 251 g/mol. The van der Waals surface area contributed by atoms with E-state index in [4.69, 9.17) is 0 Å². The number of pyridine rings is 1. The van der Waals surface area contributed by atoms with Crippen LogP contribution in [0.4, 0.5) is 0 Å². The number of fused-ring (bicyclic) bond motifs is 1. The van der Waals surface area contributed by atoms with E-state index in [0.717, 1.165) is 0 Å². The van der Waals surface area contributed by atoms with Gasteiger partial charge in [0.2, 0.25) is 0 Å². The van der Waals surface area contributed by atoms with E-state index in [0.29, 0.717) is 0 Å². The first-order valence-corrected chi connectivity index (χ1v) is 6.72. The highest BCUT2D eigenvalue weighted by Crippen LogP contribution is 2.33. The van der Waals surface area contributed by atoms with Gasteiger partial charge in [-0.1, -0.05) is 41.6 Å². The molecule has 0 saturated heterocycles. The molecule has 0 radical (unpaired) electrons. The molecule has 1 aromatic heterocycles. The van der Waals surface area contributed by atoms with Crippen molar-refractivity contribution in [3.8, 4) is 0 Å². The van der Waals surface area contributed by atoms with Crippen molar-refractivity contribution in [3.63, 3.8) is 0 Å². The maximum atomic E-state index is 4.16. The number of aromatic nitrogens is 1. The second-order valence-electron chi connectivity index (χ2n) is 4.27. The first-order chi connectivity index (χ1) is 8.83. The maximum absolute atomic E-state index is 4.16. The largest absolute Gasteiger partial charge is 0.264 e. The van der Waals surface area contributed by atoms with Crippen LogP contribution in [0.15, 0.2) is 70.7 Å². The molecular formula is C16H13NS. The number of benzene rings is 2. The van der Waals surface area contributed by atoms with Gasteiger partial charge in [-0.2, -0.15) is 0 Å². The van der Waals surface area contributed by atoms with Crippen molar-refractivity contribution in [2.45, 2.75) is 16.7 Å².